The van der Waals surface area contributed by atoms with Gasteiger partial charge in [0.05, 0.1) is 10.5 Å². The van der Waals surface area contributed by atoms with Crippen LogP contribution in [0.25, 0.3) is 0 Å². The summed E-state index contributed by atoms with van der Waals surface area (Å²) in [4.78, 5) is 20.6. The van der Waals surface area contributed by atoms with Gasteiger partial charge in [-0.3, -0.25) is 14.9 Å². The van der Waals surface area contributed by atoms with Crippen molar-refractivity contribution in [1.29, 1.82) is 0 Å². The van der Waals surface area contributed by atoms with E-state index in [-0.39, 0.29) is 13.0 Å². The highest BCUT2D eigenvalue weighted by atomic mass is 19.1. The van der Waals surface area contributed by atoms with Crippen molar-refractivity contribution >= 4 is 11.5 Å². The van der Waals surface area contributed by atoms with E-state index >= 15 is 0 Å². The molecule has 0 aromatic heterocycles. The second-order valence-electron chi connectivity index (χ2n) is 2.97. The maximum Gasteiger partial charge on any atom is 0.305 e. The zero-order valence-electron chi connectivity index (χ0n) is 8.07. The van der Waals surface area contributed by atoms with E-state index in [1.54, 1.807) is 0 Å². The highest BCUT2D eigenvalue weighted by molar-refractivity contribution is 5.97. The number of rotatable bonds is 4. The van der Waals surface area contributed by atoms with Gasteiger partial charge in [-0.25, -0.2) is 4.39 Å². The number of carbonyl (C=O) groups excluding carboxylic acids is 1. The molecule has 1 aromatic carbocycles. The van der Waals surface area contributed by atoms with Gasteiger partial charge in [0.15, 0.2) is 5.78 Å². The van der Waals surface area contributed by atoms with Crippen molar-refractivity contribution in [3.63, 3.8) is 0 Å². The molecule has 1 aromatic rings. The van der Waals surface area contributed by atoms with E-state index in [1.807, 2.05) is 0 Å². The molecule has 86 valence electrons. The number of nitro benzene ring substituents is 1. The zero-order chi connectivity index (χ0) is 12.3. The third kappa shape index (κ3) is 2.19. The largest absolute Gasteiger partial charge is 0.330 e. The number of halogens is 2. The molecule has 2 N–H and O–H groups in total. The van der Waals surface area contributed by atoms with Crippen LogP contribution in [-0.4, -0.2) is 17.3 Å². The number of nitro groups is 1. The summed E-state index contributed by atoms with van der Waals surface area (Å²) in [5, 5.41) is 10.4. The summed E-state index contributed by atoms with van der Waals surface area (Å²) in [7, 11) is 0. The molecule has 0 unspecified atom stereocenters. The molecule has 0 bridgehead atoms. The molecule has 0 heterocycles. The molecule has 0 aliphatic heterocycles. The second-order valence-corrected chi connectivity index (χ2v) is 2.97. The van der Waals surface area contributed by atoms with Gasteiger partial charge in [-0.2, -0.15) is 4.39 Å². The van der Waals surface area contributed by atoms with Crippen molar-refractivity contribution in [2.75, 3.05) is 6.54 Å². The first-order chi connectivity index (χ1) is 7.49. The van der Waals surface area contributed by atoms with E-state index < -0.39 is 33.6 Å². The molecule has 0 aliphatic carbocycles. The topological polar surface area (TPSA) is 86.2 Å². The van der Waals surface area contributed by atoms with Crippen LogP contribution in [0.2, 0.25) is 0 Å². The van der Waals surface area contributed by atoms with Crippen LogP contribution in [0.1, 0.15) is 16.8 Å². The summed E-state index contributed by atoms with van der Waals surface area (Å²) < 4.78 is 26.6. The van der Waals surface area contributed by atoms with Crippen LogP contribution >= 0.6 is 0 Å². The molecule has 0 saturated carbocycles. The Hall–Kier alpha value is -1.89. The predicted molar refractivity (Wildman–Crippen MR) is 51.0 cm³/mol. The molecular weight excluding hydrogens is 222 g/mol. The minimum absolute atomic E-state index is 0.0829. The quantitative estimate of drug-likeness (QED) is 0.481. The van der Waals surface area contributed by atoms with Crippen LogP contribution in [-0.2, 0) is 0 Å². The first-order valence-electron chi connectivity index (χ1n) is 4.34. The minimum Gasteiger partial charge on any atom is -0.330 e. The van der Waals surface area contributed by atoms with Crippen LogP contribution in [0, 0.1) is 21.7 Å². The summed E-state index contributed by atoms with van der Waals surface area (Å²) in [6.07, 6.45) is -0.269. The molecular formula is C9H8F2N2O3. The Morgan fingerprint density at radius 2 is 2.06 bits per heavy atom. The lowest BCUT2D eigenvalue weighted by Gasteiger charge is -2.03. The molecule has 5 nitrogen and oxygen atoms in total. The normalized spacial score (nSPS) is 10.2. The standard InChI is InChI=1S/C9H8F2N2O3/c10-5-1-2-6(13(15)16)9(11)8(5)7(14)3-4-12/h1-2H,3-4,12H2. The summed E-state index contributed by atoms with van der Waals surface area (Å²) in [6, 6.07) is 1.36. The van der Waals surface area contributed by atoms with Gasteiger partial charge in [0.2, 0.25) is 5.82 Å². The average molecular weight is 230 g/mol. The van der Waals surface area contributed by atoms with Crippen molar-refractivity contribution in [1.82, 2.24) is 0 Å². The number of hydrogen-bond donors (Lipinski definition) is 1. The van der Waals surface area contributed by atoms with Crippen molar-refractivity contribution in [3.05, 3.63) is 39.4 Å². The highest BCUT2D eigenvalue weighted by Crippen LogP contribution is 2.23. The number of ketones is 1. The fraction of sp³-hybridized carbons (Fsp3) is 0.222. The number of benzene rings is 1. The first kappa shape index (κ1) is 12.2. The van der Waals surface area contributed by atoms with Crippen LogP contribution in [0.5, 0.6) is 0 Å². The van der Waals surface area contributed by atoms with Crippen molar-refractivity contribution in [2.24, 2.45) is 5.73 Å². The molecule has 0 aliphatic rings. The number of hydrogen-bond acceptors (Lipinski definition) is 4. The zero-order valence-corrected chi connectivity index (χ0v) is 8.07. The van der Waals surface area contributed by atoms with Gasteiger partial charge in [-0.1, -0.05) is 0 Å². The molecule has 0 radical (unpaired) electrons. The Bertz CT molecular complexity index is 449. The minimum atomic E-state index is -1.46. The maximum atomic E-state index is 13.4. The van der Waals surface area contributed by atoms with Gasteiger partial charge >= 0.3 is 5.69 Å². The molecule has 16 heavy (non-hydrogen) atoms. The Morgan fingerprint density at radius 3 is 2.56 bits per heavy atom. The van der Waals surface area contributed by atoms with Crippen molar-refractivity contribution in [2.45, 2.75) is 6.42 Å². The maximum absolute atomic E-state index is 13.4. The van der Waals surface area contributed by atoms with Crippen LogP contribution in [0.15, 0.2) is 12.1 Å². The third-order valence-corrected chi connectivity index (χ3v) is 1.92. The van der Waals surface area contributed by atoms with E-state index in [4.69, 9.17) is 5.73 Å². The van der Waals surface area contributed by atoms with Gasteiger partial charge in [-0.15, -0.1) is 0 Å². The number of nitrogens with two attached hydrogens (primary N) is 1. The monoisotopic (exact) mass is 230 g/mol. The summed E-state index contributed by atoms with van der Waals surface area (Å²) in [5.41, 5.74) is 3.23. The van der Waals surface area contributed by atoms with Crippen LogP contribution in [0.4, 0.5) is 14.5 Å². The average Bonchev–Trinajstić information content (AvgIpc) is 2.17. The van der Waals surface area contributed by atoms with Gasteiger partial charge in [0.25, 0.3) is 0 Å². The Kier molecular flexibility index (Phi) is 3.62. The van der Waals surface area contributed by atoms with E-state index in [0.29, 0.717) is 12.1 Å². The molecule has 0 saturated heterocycles. The summed E-state index contributed by atoms with van der Waals surface area (Å²) in [6.45, 7) is -0.0829. The number of Topliss-reactive ketones (excluding diaryl/α,β-unsaturated/α-hetero) is 1. The molecule has 0 atom stereocenters. The van der Waals surface area contributed by atoms with E-state index in [2.05, 4.69) is 0 Å². The van der Waals surface area contributed by atoms with Crippen molar-refractivity contribution < 1.29 is 18.5 Å². The smallest absolute Gasteiger partial charge is 0.305 e. The molecule has 0 fully saturated rings. The second kappa shape index (κ2) is 4.75. The lowest BCUT2D eigenvalue weighted by Crippen LogP contribution is -2.12. The molecule has 7 heteroatoms. The number of carbonyl (C=O) groups is 1. The van der Waals surface area contributed by atoms with Gasteiger partial charge in [0, 0.05) is 12.5 Å². The first-order valence-corrected chi connectivity index (χ1v) is 4.34. The summed E-state index contributed by atoms with van der Waals surface area (Å²) in [5.74, 6) is -3.47. The number of nitrogens with zero attached hydrogens (tertiary/aromatic N) is 1. The van der Waals surface area contributed by atoms with Gasteiger partial charge in [0.1, 0.15) is 5.82 Å². The van der Waals surface area contributed by atoms with Gasteiger partial charge < -0.3 is 5.73 Å². The van der Waals surface area contributed by atoms with Crippen molar-refractivity contribution in [3.8, 4) is 0 Å². The summed E-state index contributed by atoms with van der Waals surface area (Å²) >= 11 is 0. The fourth-order valence-corrected chi connectivity index (χ4v) is 1.19. The van der Waals surface area contributed by atoms with E-state index in [9.17, 15) is 23.7 Å². The Morgan fingerprint density at radius 1 is 1.44 bits per heavy atom. The Balaban J connectivity index is 3.31. The Labute approximate surface area is 89.0 Å². The van der Waals surface area contributed by atoms with Crippen LogP contribution in [0.3, 0.4) is 0 Å². The van der Waals surface area contributed by atoms with Gasteiger partial charge in [-0.05, 0) is 12.6 Å². The van der Waals surface area contributed by atoms with E-state index in [1.165, 1.54) is 0 Å². The van der Waals surface area contributed by atoms with E-state index in [0.717, 1.165) is 0 Å². The third-order valence-electron chi connectivity index (χ3n) is 1.92. The highest BCUT2D eigenvalue weighted by Gasteiger charge is 2.25. The predicted octanol–water partition coefficient (Wildman–Crippen LogP) is 1.40. The fourth-order valence-electron chi connectivity index (χ4n) is 1.19. The SMILES string of the molecule is NCCC(=O)c1c(F)ccc([N+](=O)[O-])c1F. The van der Waals surface area contributed by atoms with Crippen LogP contribution < -0.4 is 5.73 Å². The molecule has 0 amide bonds. The lowest BCUT2D eigenvalue weighted by molar-refractivity contribution is -0.387. The molecule has 1 rings (SSSR count). The molecule has 0 spiro atoms. The lowest BCUT2D eigenvalue weighted by atomic mass is 10.1.